The van der Waals surface area contributed by atoms with Gasteiger partial charge in [0.05, 0.1) is 5.69 Å². The topological polar surface area (TPSA) is 37.2 Å². The molecule has 0 bridgehead atoms. The molecule has 22 heavy (non-hydrogen) atoms. The summed E-state index contributed by atoms with van der Waals surface area (Å²) in [6, 6.07) is 4.37. The molecule has 1 rings (SSSR count). The SMILES string of the molecule is C=CN(C)c1ccc(/C(N=C)=N/COCC(C)(F)F)cc1F. The largest absolute Gasteiger partial charge is 0.353 e. The summed E-state index contributed by atoms with van der Waals surface area (Å²) in [5.41, 5.74) is 0.713. The molecular weight excluding hydrogens is 295 g/mol. The van der Waals surface area contributed by atoms with Crippen molar-refractivity contribution in [1.82, 2.24) is 0 Å². The number of anilines is 1. The van der Waals surface area contributed by atoms with Crippen LogP contribution < -0.4 is 4.90 Å². The zero-order chi connectivity index (χ0) is 16.8. The van der Waals surface area contributed by atoms with Crippen LogP contribution in [0.1, 0.15) is 12.5 Å². The second-order valence-electron chi connectivity index (χ2n) is 4.65. The number of aliphatic imine (C=N–C) groups is 2. The number of rotatable bonds is 7. The highest BCUT2D eigenvalue weighted by molar-refractivity contribution is 6.01. The normalized spacial score (nSPS) is 12.1. The molecule has 0 N–H and O–H groups in total. The molecule has 1 aromatic rings. The number of amidine groups is 1. The average molecular weight is 313 g/mol. The monoisotopic (exact) mass is 313 g/mol. The van der Waals surface area contributed by atoms with E-state index in [4.69, 9.17) is 4.74 Å². The Morgan fingerprint density at radius 3 is 2.64 bits per heavy atom. The first-order valence-electron chi connectivity index (χ1n) is 6.40. The Balaban J connectivity index is 2.85. The van der Waals surface area contributed by atoms with E-state index in [-0.39, 0.29) is 12.6 Å². The summed E-state index contributed by atoms with van der Waals surface area (Å²) in [6.07, 6.45) is 1.47. The van der Waals surface area contributed by atoms with Crippen LogP contribution in [0.4, 0.5) is 18.9 Å². The summed E-state index contributed by atoms with van der Waals surface area (Å²) in [6.45, 7) is 6.57. The minimum absolute atomic E-state index is 0.117. The molecular formula is C15H18F3N3O. The van der Waals surface area contributed by atoms with Crippen molar-refractivity contribution < 1.29 is 17.9 Å². The van der Waals surface area contributed by atoms with Gasteiger partial charge >= 0.3 is 0 Å². The summed E-state index contributed by atoms with van der Waals surface area (Å²) >= 11 is 0. The van der Waals surface area contributed by atoms with Crippen LogP contribution in [0.3, 0.4) is 0 Å². The lowest BCUT2D eigenvalue weighted by atomic mass is 10.1. The van der Waals surface area contributed by atoms with Crippen LogP contribution in [-0.2, 0) is 4.74 Å². The number of halogens is 3. The van der Waals surface area contributed by atoms with Crippen LogP contribution in [0.2, 0.25) is 0 Å². The molecule has 0 radical (unpaired) electrons. The second-order valence-corrected chi connectivity index (χ2v) is 4.65. The fourth-order valence-electron chi connectivity index (χ4n) is 1.59. The summed E-state index contributed by atoms with van der Waals surface area (Å²) in [7, 11) is 1.66. The van der Waals surface area contributed by atoms with Crippen molar-refractivity contribution in [3.63, 3.8) is 0 Å². The van der Waals surface area contributed by atoms with Gasteiger partial charge in [-0.1, -0.05) is 6.58 Å². The van der Waals surface area contributed by atoms with Gasteiger partial charge in [-0.25, -0.2) is 23.2 Å². The molecule has 0 spiro atoms. The molecule has 0 aliphatic heterocycles. The van der Waals surface area contributed by atoms with E-state index in [2.05, 4.69) is 23.3 Å². The van der Waals surface area contributed by atoms with E-state index in [1.54, 1.807) is 13.1 Å². The Morgan fingerprint density at radius 1 is 1.45 bits per heavy atom. The van der Waals surface area contributed by atoms with Crippen molar-refractivity contribution in [2.75, 3.05) is 25.3 Å². The van der Waals surface area contributed by atoms with Crippen molar-refractivity contribution >= 4 is 18.2 Å². The van der Waals surface area contributed by atoms with Crippen molar-refractivity contribution in [3.8, 4) is 0 Å². The average Bonchev–Trinajstić information content (AvgIpc) is 2.45. The molecule has 4 nitrogen and oxygen atoms in total. The minimum Gasteiger partial charge on any atom is -0.353 e. The van der Waals surface area contributed by atoms with Crippen molar-refractivity contribution in [2.24, 2.45) is 9.98 Å². The molecule has 0 fully saturated rings. The van der Waals surface area contributed by atoms with E-state index in [1.165, 1.54) is 23.2 Å². The fraction of sp³-hybridized carbons (Fsp3) is 0.333. The molecule has 0 atom stereocenters. The Bertz CT molecular complexity index is 568. The molecule has 0 aliphatic carbocycles. The zero-order valence-electron chi connectivity index (χ0n) is 12.5. The second kappa shape index (κ2) is 7.74. The van der Waals surface area contributed by atoms with E-state index in [0.29, 0.717) is 11.3 Å². The van der Waals surface area contributed by atoms with Gasteiger partial charge in [-0.2, -0.15) is 0 Å². The van der Waals surface area contributed by atoms with Crippen LogP contribution in [-0.4, -0.2) is 38.9 Å². The molecule has 120 valence electrons. The Labute approximate surface area is 127 Å². The number of hydrogen-bond acceptors (Lipinski definition) is 3. The summed E-state index contributed by atoms with van der Waals surface area (Å²) in [5.74, 6) is -3.30. The van der Waals surface area contributed by atoms with Gasteiger partial charge in [0.15, 0.2) is 5.84 Å². The number of alkyl halides is 2. The molecule has 7 heteroatoms. The standard InChI is InChI=1S/C15H18F3N3O/c1-5-21(4)13-7-6-11(8-12(13)16)14(19-3)20-10-22-9-15(2,17)18/h5-8H,1,3,9-10H2,2,4H3/b20-14-. The molecule has 0 heterocycles. The van der Waals surface area contributed by atoms with E-state index in [1.807, 2.05) is 0 Å². The molecule has 0 saturated carbocycles. The van der Waals surface area contributed by atoms with E-state index < -0.39 is 18.3 Å². The molecule has 1 aromatic carbocycles. The molecule has 0 unspecified atom stereocenters. The zero-order valence-corrected chi connectivity index (χ0v) is 12.5. The van der Waals surface area contributed by atoms with Crippen LogP contribution in [0, 0.1) is 5.82 Å². The number of ether oxygens (including phenoxy) is 1. The molecule has 0 saturated heterocycles. The highest BCUT2D eigenvalue weighted by atomic mass is 19.3. The third-order valence-corrected chi connectivity index (χ3v) is 2.67. The van der Waals surface area contributed by atoms with Crippen LogP contribution >= 0.6 is 0 Å². The molecule has 0 aliphatic rings. The summed E-state index contributed by atoms with van der Waals surface area (Å²) in [5, 5.41) is 0. The number of nitrogens with zero attached hydrogens (tertiary/aromatic N) is 3. The van der Waals surface area contributed by atoms with Gasteiger partial charge in [-0.3, -0.25) is 0 Å². The molecule has 0 aromatic heterocycles. The van der Waals surface area contributed by atoms with Gasteiger partial charge in [0.1, 0.15) is 19.2 Å². The van der Waals surface area contributed by atoms with Crippen molar-refractivity contribution in [3.05, 3.63) is 42.4 Å². The van der Waals surface area contributed by atoms with Gasteiger partial charge in [0.25, 0.3) is 5.92 Å². The highest BCUT2D eigenvalue weighted by Gasteiger charge is 2.20. The van der Waals surface area contributed by atoms with Gasteiger partial charge in [0, 0.05) is 19.5 Å². The minimum atomic E-state index is -2.93. The number of hydrogen-bond donors (Lipinski definition) is 0. The highest BCUT2D eigenvalue weighted by Crippen LogP contribution is 2.20. The van der Waals surface area contributed by atoms with Gasteiger partial charge in [-0.05, 0) is 31.1 Å². The Kier molecular flexibility index (Phi) is 6.30. The van der Waals surface area contributed by atoms with Crippen LogP contribution in [0.5, 0.6) is 0 Å². The predicted molar refractivity (Wildman–Crippen MR) is 82.5 cm³/mol. The first kappa shape index (κ1) is 17.9. The maximum atomic E-state index is 14.0. The Hall–Kier alpha value is -2.15. The number of benzene rings is 1. The predicted octanol–water partition coefficient (Wildman–Crippen LogP) is 3.48. The Morgan fingerprint density at radius 2 is 2.14 bits per heavy atom. The third kappa shape index (κ3) is 5.33. The first-order valence-corrected chi connectivity index (χ1v) is 6.40. The first-order chi connectivity index (χ1) is 10.3. The maximum Gasteiger partial charge on any atom is 0.268 e. The lowest BCUT2D eigenvalue weighted by Gasteiger charge is -2.15. The van der Waals surface area contributed by atoms with Crippen molar-refractivity contribution in [1.29, 1.82) is 0 Å². The smallest absolute Gasteiger partial charge is 0.268 e. The lowest BCUT2D eigenvalue weighted by Crippen LogP contribution is -2.19. The lowest BCUT2D eigenvalue weighted by molar-refractivity contribution is -0.0606. The van der Waals surface area contributed by atoms with Gasteiger partial charge < -0.3 is 9.64 Å². The molecule has 0 amide bonds. The third-order valence-electron chi connectivity index (χ3n) is 2.67. The van der Waals surface area contributed by atoms with Crippen LogP contribution in [0.25, 0.3) is 0 Å². The van der Waals surface area contributed by atoms with E-state index >= 15 is 0 Å². The van der Waals surface area contributed by atoms with Gasteiger partial charge in [-0.15, -0.1) is 0 Å². The summed E-state index contributed by atoms with van der Waals surface area (Å²) < 4.78 is 43.9. The van der Waals surface area contributed by atoms with Crippen LogP contribution in [0.15, 0.2) is 41.0 Å². The van der Waals surface area contributed by atoms with Crippen molar-refractivity contribution in [2.45, 2.75) is 12.8 Å². The fourth-order valence-corrected chi connectivity index (χ4v) is 1.59. The quantitative estimate of drug-likeness (QED) is 0.439. The van der Waals surface area contributed by atoms with E-state index in [9.17, 15) is 13.2 Å². The van der Waals surface area contributed by atoms with Gasteiger partial charge in [0.2, 0.25) is 0 Å². The van der Waals surface area contributed by atoms with E-state index in [0.717, 1.165) is 6.92 Å². The maximum absolute atomic E-state index is 14.0. The summed E-state index contributed by atoms with van der Waals surface area (Å²) in [4.78, 5) is 9.06.